The van der Waals surface area contributed by atoms with Gasteiger partial charge in [-0.2, -0.15) is 5.26 Å². The van der Waals surface area contributed by atoms with Gasteiger partial charge in [-0.3, -0.25) is 14.5 Å². The van der Waals surface area contributed by atoms with E-state index in [0.29, 0.717) is 51.4 Å². The lowest BCUT2D eigenvalue weighted by molar-refractivity contribution is -0.145. The van der Waals surface area contributed by atoms with Crippen molar-refractivity contribution in [2.45, 2.75) is 42.9 Å². The fourth-order valence-corrected chi connectivity index (χ4v) is 8.25. The maximum absolute atomic E-state index is 14.5. The van der Waals surface area contributed by atoms with Crippen molar-refractivity contribution in [1.29, 1.82) is 5.26 Å². The Morgan fingerprint density at radius 3 is 2.71 bits per heavy atom. The van der Waals surface area contributed by atoms with Gasteiger partial charge in [0.2, 0.25) is 5.91 Å². The van der Waals surface area contributed by atoms with Gasteiger partial charge in [0.05, 0.1) is 48.8 Å². The van der Waals surface area contributed by atoms with E-state index >= 15 is 0 Å². The smallest absolute Gasteiger partial charge is 0.319 e. The molecular formula is C28H37FN6O5S. The van der Waals surface area contributed by atoms with Gasteiger partial charge < -0.3 is 30.3 Å². The summed E-state index contributed by atoms with van der Waals surface area (Å²) in [4.78, 5) is 42.2. The molecule has 4 aliphatic rings. The van der Waals surface area contributed by atoms with E-state index in [1.807, 2.05) is 6.92 Å². The molecule has 4 atom stereocenters. The number of rotatable bonds is 10. The second-order valence-corrected chi connectivity index (χ2v) is 12.4. The van der Waals surface area contributed by atoms with E-state index in [2.05, 4.69) is 26.9 Å². The van der Waals surface area contributed by atoms with E-state index < -0.39 is 28.4 Å². The quantitative estimate of drug-likeness (QED) is 0.352. The molecule has 3 amide bonds. The Bertz CT molecular complexity index is 1200. The molecule has 3 unspecified atom stereocenters. The van der Waals surface area contributed by atoms with Gasteiger partial charge in [0, 0.05) is 50.4 Å². The maximum atomic E-state index is 14.5. The molecule has 1 aromatic rings. The second-order valence-electron chi connectivity index (χ2n) is 10.9. The number of ether oxygens (including phenoxy) is 2. The monoisotopic (exact) mass is 588 g/mol. The first-order valence-corrected chi connectivity index (χ1v) is 15.1. The Morgan fingerprint density at radius 1 is 1.27 bits per heavy atom. The van der Waals surface area contributed by atoms with Crippen LogP contribution in [-0.4, -0.2) is 96.4 Å². The van der Waals surface area contributed by atoms with Crippen molar-refractivity contribution < 1.29 is 28.2 Å². The van der Waals surface area contributed by atoms with Gasteiger partial charge in [0.25, 0.3) is 0 Å². The Morgan fingerprint density at radius 2 is 2.02 bits per heavy atom. The van der Waals surface area contributed by atoms with E-state index in [1.165, 1.54) is 6.07 Å². The number of carbonyl (C=O) groups is 3. The molecule has 11 nitrogen and oxygen atoms in total. The van der Waals surface area contributed by atoms with Crippen LogP contribution in [0.5, 0.6) is 0 Å². The Balaban J connectivity index is 1.14. The van der Waals surface area contributed by atoms with Gasteiger partial charge in [-0.25, -0.2) is 9.18 Å². The van der Waals surface area contributed by atoms with Gasteiger partial charge in [0.1, 0.15) is 10.6 Å². The largest absolute Gasteiger partial charge is 0.466 e. The molecule has 0 bridgehead atoms. The van der Waals surface area contributed by atoms with Crippen LogP contribution >= 0.6 is 11.8 Å². The molecule has 1 aromatic carbocycles. The average molecular weight is 589 g/mol. The number of halogens is 1. The number of nitrogens with one attached hydrogen (secondary N) is 3. The lowest BCUT2D eigenvalue weighted by Crippen LogP contribution is -2.54. The van der Waals surface area contributed by atoms with Crippen molar-refractivity contribution in [3.8, 4) is 6.07 Å². The minimum atomic E-state index is -0.609. The molecule has 1 spiro atoms. The Kier molecular flexibility index (Phi) is 8.91. The Hall–Kier alpha value is -3.08. The van der Waals surface area contributed by atoms with Crippen LogP contribution in [-0.2, 0) is 19.1 Å². The second kappa shape index (κ2) is 12.4. The number of benzene rings is 1. The highest BCUT2D eigenvalue weighted by Crippen LogP contribution is 2.62. The topological polar surface area (TPSA) is 136 Å². The number of carbonyl (C=O) groups excluding carboxylic acids is 3. The Labute approximate surface area is 243 Å². The van der Waals surface area contributed by atoms with Crippen LogP contribution in [0.25, 0.3) is 0 Å². The molecule has 2 saturated carbocycles. The predicted octanol–water partition coefficient (Wildman–Crippen LogP) is 2.46. The summed E-state index contributed by atoms with van der Waals surface area (Å²) in [5.41, 5.74) is 0.709. The molecule has 2 saturated heterocycles. The third kappa shape index (κ3) is 6.10. The van der Waals surface area contributed by atoms with Crippen LogP contribution < -0.4 is 16.0 Å². The summed E-state index contributed by atoms with van der Waals surface area (Å²) in [6.45, 7) is 8.55. The summed E-state index contributed by atoms with van der Waals surface area (Å²) in [7, 11) is 0. The minimum absolute atomic E-state index is 0.0172. The van der Waals surface area contributed by atoms with Crippen LogP contribution in [0.3, 0.4) is 0 Å². The molecule has 2 heterocycles. The van der Waals surface area contributed by atoms with Gasteiger partial charge in [0.15, 0.2) is 0 Å². The number of thioether (sulfide) groups is 1. The van der Waals surface area contributed by atoms with Crippen molar-refractivity contribution in [2.75, 3.05) is 63.2 Å². The van der Waals surface area contributed by atoms with Crippen molar-refractivity contribution in [2.24, 2.45) is 17.8 Å². The van der Waals surface area contributed by atoms with Crippen molar-refractivity contribution in [3.05, 3.63) is 24.0 Å². The van der Waals surface area contributed by atoms with Crippen LogP contribution in [0.15, 0.2) is 18.2 Å². The molecule has 41 heavy (non-hydrogen) atoms. The lowest BCUT2D eigenvalue weighted by atomic mass is 9.78. The van der Waals surface area contributed by atoms with E-state index in [9.17, 15) is 24.0 Å². The summed E-state index contributed by atoms with van der Waals surface area (Å²) >= 11 is 1.56. The highest BCUT2D eigenvalue weighted by molar-refractivity contribution is 8.02. The van der Waals surface area contributed by atoms with Gasteiger partial charge in [-0.05, 0) is 44.9 Å². The fraction of sp³-hybridized carbons (Fsp3) is 0.643. The van der Waals surface area contributed by atoms with E-state index in [0.717, 1.165) is 13.1 Å². The number of morpholine rings is 1. The third-order valence-electron chi connectivity index (χ3n) is 8.31. The lowest BCUT2D eigenvalue weighted by Gasteiger charge is -2.43. The first-order chi connectivity index (χ1) is 19.8. The van der Waals surface area contributed by atoms with Crippen LogP contribution in [0.4, 0.5) is 20.6 Å². The summed E-state index contributed by atoms with van der Waals surface area (Å²) in [5.74, 6) is -2.04. The SMILES string of the molecule is CCOC(=O)[C@H]1C(C#N)C1C1SC2(CC(Nc3ccc(F)c(NC(=O)NCCN4CCOCC4)c3)C2)C(=O)N1CC. The molecule has 13 heteroatoms. The molecular weight excluding hydrogens is 551 g/mol. The molecule has 3 N–H and O–H groups in total. The molecule has 222 valence electrons. The highest BCUT2D eigenvalue weighted by atomic mass is 32.2. The summed E-state index contributed by atoms with van der Waals surface area (Å²) in [6.07, 6.45) is 1.14. The van der Waals surface area contributed by atoms with Crippen LogP contribution in [0, 0.1) is 34.9 Å². The fourth-order valence-electron chi connectivity index (χ4n) is 6.10. The zero-order valence-corrected chi connectivity index (χ0v) is 24.2. The summed E-state index contributed by atoms with van der Waals surface area (Å²) in [5, 5.41) is 18.1. The average Bonchev–Trinajstić information content (AvgIpc) is 3.60. The first-order valence-electron chi connectivity index (χ1n) is 14.3. The number of hydrogen-bond acceptors (Lipinski definition) is 9. The minimum Gasteiger partial charge on any atom is -0.466 e. The van der Waals surface area contributed by atoms with Crippen LogP contribution in [0.2, 0.25) is 0 Å². The van der Waals surface area contributed by atoms with Crippen molar-refractivity contribution >= 4 is 41.0 Å². The van der Waals surface area contributed by atoms with Crippen LogP contribution in [0.1, 0.15) is 26.7 Å². The number of hydrogen-bond donors (Lipinski definition) is 3. The van der Waals surface area contributed by atoms with Gasteiger partial charge in [-0.15, -0.1) is 11.8 Å². The molecule has 0 radical (unpaired) electrons. The number of nitriles is 1. The molecule has 2 aliphatic heterocycles. The van der Waals surface area contributed by atoms with Gasteiger partial charge >= 0.3 is 12.0 Å². The predicted molar refractivity (Wildman–Crippen MR) is 152 cm³/mol. The zero-order chi connectivity index (χ0) is 29.1. The third-order valence-corrected chi connectivity index (χ3v) is 10.1. The van der Waals surface area contributed by atoms with E-state index in [4.69, 9.17) is 9.47 Å². The number of nitrogens with zero attached hydrogens (tertiary/aromatic N) is 3. The first kappa shape index (κ1) is 29.4. The summed E-state index contributed by atoms with van der Waals surface area (Å²) < 4.78 is 24.4. The molecule has 4 fully saturated rings. The number of esters is 1. The number of urea groups is 1. The zero-order valence-electron chi connectivity index (χ0n) is 23.4. The summed E-state index contributed by atoms with van der Waals surface area (Å²) in [6, 6.07) is 6.20. The normalized spacial score (nSPS) is 30.8. The van der Waals surface area contributed by atoms with Crippen molar-refractivity contribution in [1.82, 2.24) is 15.1 Å². The number of amides is 3. The standard InChI is InChI=1S/C28H37FN6O5S/c1-3-35-24(22-19(16-30)23(22)25(36)40-4-2)41-28(26(35)37)14-18(15-28)32-17-5-6-20(29)21(13-17)33-27(38)31-7-8-34-9-11-39-12-10-34/h5-6,13,18-19,22-24,32H,3-4,7-12,14-15H2,1-2H3,(H2,31,33,38)/t18?,19?,22?,23-,24?,28?/m0/s1. The van der Waals surface area contributed by atoms with E-state index in [1.54, 1.807) is 35.7 Å². The number of anilines is 2. The molecule has 0 aromatic heterocycles. The highest BCUT2D eigenvalue weighted by Gasteiger charge is 2.68. The molecule has 5 rings (SSSR count). The van der Waals surface area contributed by atoms with Crippen molar-refractivity contribution in [3.63, 3.8) is 0 Å². The van der Waals surface area contributed by atoms with Gasteiger partial charge in [-0.1, -0.05) is 0 Å². The maximum Gasteiger partial charge on any atom is 0.319 e. The molecule has 2 aliphatic carbocycles. The van der Waals surface area contributed by atoms with E-state index in [-0.39, 0.29) is 41.5 Å².